The first-order valence-corrected chi connectivity index (χ1v) is 5.31. The first-order valence-electron chi connectivity index (χ1n) is 5.31. The van der Waals surface area contributed by atoms with Gasteiger partial charge in [-0.1, -0.05) is 19.1 Å². The first-order chi connectivity index (χ1) is 6.66. The molecule has 0 aromatic heterocycles. The molecule has 3 aliphatic rings. The molecule has 2 bridgehead atoms. The van der Waals surface area contributed by atoms with Crippen molar-refractivity contribution in [2.75, 3.05) is 7.11 Å². The lowest BCUT2D eigenvalue weighted by Gasteiger charge is -2.70. The fourth-order valence-corrected chi connectivity index (χ4v) is 3.55. The Morgan fingerprint density at radius 2 is 1.64 bits per heavy atom. The maximum absolute atomic E-state index is 5.17. The molecule has 0 N–H and O–H groups in total. The third-order valence-electron chi connectivity index (χ3n) is 4.00. The summed E-state index contributed by atoms with van der Waals surface area (Å²) in [7, 11) is 1.72. The SMILES string of the molecule is COc1ccc(C23CC(C)(C2)C3)cc1. The molecule has 0 spiro atoms. The van der Waals surface area contributed by atoms with E-state index in [4.69, 9.17) is 4.74 Å². The zero-order valence-electron chi connectivity index (χ0n) is 8.84. The molecule has 3 saturated carbocycles. The van der Waals surface area contributed by atoms with Crippen LogP contribution < -0.4 is 4.74 Å². The molecule has 0 radical (unpaired) electrons. The highest BCUT2D eigenvalue weighted by atomic mass is 16.5. The van der Waals surface area contributed by atoms with Crippen molar-refractivity contribution in [3.63, 3.8) is 0 Å². The standard InChI is InChI=1S/C13H16O/c1-12-7-13(8-12,9-12)10-3-5-11(14-2)6-4-10/h3-6H,7-9H2,1-2H3. The Hall–Kier alpha value is -0.980. The zero-order valence-corrected chi connectivity index (χ0v) is 8.84. The molecule has 1 nitrogen and oxygen atoms in total. The van der Waals surface area contributed by atoms with Gasteiger partial charge >= 0.3 is 0 Å². The van der Waals surface area contributed by atoms with Crippen molar-refractivity contribution in [1.29, 1.82) is 0 Å². The summed E-state index contributed by atoms with van der Waals surface area (Å²) in [6.07, 6.45) is 4.19. The molecule has 3 aliphatic carbocycles. The van der Waals surface area contributed by atoms with Crippen LogP contribution in [-0.2, 0) is 5.41 Å². The lowest BCUT2D eigenvalue weighted by molar-refractivity contribution is -0.125. The van der Waals surface area contributed by atoms with Crippen LogP contribution in [-0.4, -0.2) is 7.11 Å². The minimum Gasteiger partial charge on any atom is -0.497 e. The molecule has 0 saturated heterocycles. The van der Waals surface area contributed by atoms with Gasteiger partial charge in [0.25, 0.3) is 0 Å². The molecule has 14 heavy (non-hydrogen) atoms. The Bertz CT molecular complexity index is 344. The first kappa shape index (κ1) is 8.34. The third-order valence-corrected chi connectivity index (χ3v) is 4.00. The van der Waals surface area contributed by atoms with E-state index in [9.17, 15) is 0 Å². The van der Waals surface area contributed by atoms with Crippen molar-refractivity contribution in [2.24, 2.45) is 5.41 Å². The van der Waals surface area contributed by atoms with Gasteiger partial charge in [0.1, 0.15) is 5.75 Å². The molecule has 1 aromatic carbocycles. The molecule has 0 heterocycles. The Morgan fingerprint density at radius 3 is 2.07 bits per heavy atom. The second kappa shape index (κ2) is 2.33. The van der Waals surface area contributed by atoms with Gasteiger partial charge in [-0.05, 0) is 47.8 Å². The Labute approximate surface area is 85.1 Å². The van der Waals surface area contributed by atoms with Gasteiger partial charge in [-0.2, -0.15) is 0 Å². The Morgan fingerprint density at radius 1 is 1.07 bits per heavy atom. The van der Waals surface area contributed by atoms with E-state index >= 15 is 0 Å². The average molecular weight is 188 g/mol. The van der Waals surface area contributed by atoms with Gasteiger partial charge in [-0.15, -0.1) is 0 Å². The molecule has 4 rings (SSSR count). The summed E-state index contributed by atoms with van der Waals surface area (Å²) >= 11 is 0. The quantitative estimate of drug-likeness (QED) is 0.692. The summed E-state index contributed by atoms with van der Waals surface area (Å²) < 4.78 is 5.17. The summed E-state index contributed by atoms with van der Waals surface area (Å²) in [5, 5.41) is 0. The van der Waals surface area contributed by atoms with Gasteiger partial charge in [0.05, 0.1) is 7.11 Å². The number of ether oxygens (including phenoxy) is 1. The second-order valence-electron chi connectivity index (χ2n) is 5.35. The van der Waals surface area contributed by atoms with E-state index < -0.39 is 0 Å². The lowest BCUT2D eigenvalue weighted by Crippen LogP contribution is -2.62. The topological polar surface area (TPSA) is 9.23 Å². The molecule has 0 aliphatic heterocycles. The molecule has 74 valence electrons. The Kier molecular flexibility index (Phi) is 1.39. The smallest absolute Gasteiger partial charge is 0.118 e. The second-order valence-corrected chi connectivity index (χ2v) is 5.35. The van der Waals surface area contributed by atoms with Gasteiger partial charge in [-0.3, -0.25) is 0 Å². The maximum Gasteiger partial charge on any atom is 0.118 e. The van der Waals surface area contributed by atoms with Gasteiger partial charge in [-0.25, -0.2) is 0 Å². The molecule has 0 atom stereocenters. The van der Waals surface area contributed by atoms with Crippen LogP contribution in [0.15, 0.2) is 24.3 Å². The van der Waals surface area contributed by atoms with E-state index in [2.05, 4.69) is 31.2 Å². The van der Waals surface area contributed by atoms with E-state index in [-0.39, 0.29) is 0 Å². The summed E-state index contributed by atoms with van der Waals surface area (Å²) in [6, 6.07) is 8.63. The van der Waals surface area contributed by atoms with Gasteiger partial charge in [0.2, 0.25) is 0 Å². The van der Waals surface area contributed by atoms with Gasteiger partial charge < -0.3 is 4.74 Å². The van der Waals surface area contributed by atoms with Crippen LogP contribution in [0, 0.1) is 5.41 Å². The van der Waals surface area contributed by atoms with Crippen molar-refractivity contribution in [3.8, 4) is 5.75 Å². The van der Waals surface area contributed by atoms with Crippen LogP contribution in [0.5, 0.6) is 5.75 Å². The summed E-state index contributed by atoms with van der Waals surface area (Å²) in [5.74, 6) is 0.964. The molecule has 0 amide bonds. The number of methoxy groups -OCH3 is 1. The highest BCUT2D eigenvalue weighted by Crippen LogP contribution is 2.73. The van der Waals surface area contributed by atoms with Crippen molar-refractivity contribution >= 4 is 0 Å². The van der Waals surface area contributed by atoms with Crippen LogP contribution >= 0.6 is 0 Å². The van der Waals surface area contributed by atoms with Crippen LogP contribution in [0.3, 0.4) is 0 Å². The van der Waals surface area contributed by atoms with Crippen molar-refractivity contribution in [2.45, 2.75) is 31.6 Å². The largest absolute Gasteiger partial charge is 0.497 e. The van der Waals surface area contributed by atoms with Crippen LogP contribution in [0.4, 0.5) is 0 Å². The number of benzene rings is 1. The van der Waals surface area contributed by atoms with Crippen molar-refractivity contribution < 1.29 is 4.74 Å². The van der Waals surface area contributed by atoms with E-state index in [1.165, 1.54) is 24.8 Å². The summed E-state index contributed by atoms with van der Waals surface area (Å²) in [5.41, 5.74) is 2.77. The molecule has 0 unspecified atom stereocenters. The van der Waals surface area contributed by atoms with Crippen LogP contribution in [0.2, 0.25) is 0 Å². The van der Waals surface area contributed by atoms with Crippen molar-refractivity contribution in [3.05, 3.63) is 29.8 Å². The van der Waals surface area contributed by atoms with E-state index in [1.807, 2.05) is 0 Å². The fraction of sp³-hybridized carbons (Fsp3) is 0.538. The highest BCUT2D eigenvalue weighted by molar-refractivity contribution is 5.40. The van der Waals surface area contributed by atoms with Crippen LogP contribution in [0.25, 0.3) is 0 Å². The molecular formula is C13H16O. The number of rotatable bonds is 2. The third kappa shape index (κ3) is 0.902. The fourth-order valence-electron chi connectivity index (χ4n) is 3.55. The predicted molar refractivity (Wildman–Crippen MR) is 56.6 cm³/mol. The van der Waals surface area contributed by atoms with Crippen LogP contribution in [0.1, 0.15) is 31.7 Å². The number of hydrogen-bond acceptors (Lipinski definition) is 1. The minimum absolute atomic E-state index is 0.557. The number of hydrogen-bond donors (Lipinski definition) is 0. The predicted octanol–water partition coefficient (Wildman–Crippen LogP) is 3.14. The monoisotopic (exact) mass is 188 g/mol. The van der Waals surface area contributed by atoms with Crippen molar-refractivity contribution in [1.82, 2.24) is 0 Å². The van der Waals surface area contributed by atoms with E-state index in [0.29, 0.717) is 10.8 Å². The van der Waals surface area contributed by atoms with E-state index in [0.717, 1.165) is 5.75 Å². The Balaban J connectivity index is 1.85. The van der Waals surface area contributed by atoms with E-state index in [1.54, 1.807) is 7.11 Å². The van der Waals surface area contributed by atoms with Gasteiger partial charge in [0, 0.05) is 0 Å². The molecule has 3 fully saturated rings. The molecular weight excluding hydrogens is 172 g/mol. The highest BCUT2D eigenvalue weighted by Gasteiger charge is 2.65. The maximum atomic E-state index is 5.17. The summed E-state index contributed by atoms with van der Waals surface area (Å²) in [6.45, 7) is 2.40. The molecule has 1 aromatic rings. The minimum atomic E-state index is 0.557. The van der Waals surface area contributed by atoms with Gasteiger partial charge in [0.15, 0.2) is 0 Å². The summed E-state index contributed by atoms with van der Waals surface area (Å²) in [4.78, 5) is 0. The molecule has 1 heteroatoms. The normalized spacial score (nSPS) is 38.4. The zero-order chi connectivity index (χ0) is 9.81. The average Bonchev–Trinajstić information content (AvgIpc) is 2.12. The lowest BCUT2D eigenvalue weighted by atomic mass is 9.34.